The summed E-state index contributed by atoms with van der Waals surface area (Å²) < 4.78 is 34.9. The molecule has 178 valence electrons. The van der Waals surface area contributed by atoms with Gasteiger partial charge in [-0.3, -0.25) is 0 Å². The average Bonchev–Trinajstić information content (AvgIpc) is 3.26. The Hall–Kier alpha value is -3.32. The number of hydrogen-bond acceptors (Lipinski definition) is 5. The molecule has 34 heavy (non-hydrogen) atoms. The van der Waals surface area contributed by atoms with Crippen molar-refractivity contribution >= 4 is 21.2 Å². The highest BCUT2D eigenvalue weighted by molar-refractivity contribution is 7.91. The zero-order valence-electron chi connectivity index (χ0n) is 19.9. The Kier molecular flexibility index (Phi) is 7.22. The van der Waals surface area contributed by atoms with Gasteiger partial charge in [0, 0.05) is 31.7 Å². The van der Waals surface area contributed by atoms with Gasteiger partial charge in [-0.05, 0) is 73.4 Å². The molecule has 7 heteroatoms. The molecular weight excluding hydrogens is 446 g/mol. The molecule has 0 bridgehead atoms. The molecule has 6 nitrogen and oxygen atoms in total. The van der Waals surface area contributed by atoms with Gasteiger partial charge in [-0.1, -0.05) is 26.0 Å². The zero-order valence-corrected chi connectivity index (χ0v) is 20.7. The van der Waals surface area contributed by atoms with E-state index in [1.807, 2.05) is 67.0 Å². The van der Waals surface area contributed by atoms with Gasteiger partial charge in [0.1, 0.15) is 16.5 Å². The molecule has 0 aliphatic rings. The summed E-state index contributed by atoms with van der Waals surface area (Å²) in [4.78, 5) is 7.26. The van der Waals surface area contributed by atoms with E-state index in [1.165, 1.54) is 0 Å². The first-order valence-electron chi connectivity index (χ1n) is 11.7. The molecule has 0 radical (unpaired) electrons. The Balaban J connectivity index is 1.45. The smallest absolute Gasteiger partial charge is 0.209 e. The van der Waals surface area contributed by atoms with E-state index < -0.39 is 9.84 Å². The van der Waals surface area contributed by atoms with Crippen LogP contribution < -0.4 is 9.64 Å². The van der Waals surface area contributed by atoms with Crippen LogP contribution in [0.1, 0.15) is 38.7 Å². The highest BCUT2D eigenvalue weighted by Crippen LogP contribution is 2.34. The lowest BCUT2D eigenvalue weighted by Crippen LogP contribution is -2.26. The lowest BCUT2D eigenvalue weighted by molar-refractivity contribution is 0.311. The number of nitrogens with zero attached hydrogens (tertiary/aromatic N) is 3. The summed E-state index contributed by atoms with van der Waals surface area (Å²) in [5, 5.41) is 0. The van der Waals surface area contributed by atoms with Gasteiger partial charge >= 0.3 is 0 Å². The van der Waals surface area contributed by atoms with E-state index in [1.54, 1.807) is 30.5 Å². The van der Waals surface area contributed by atoms with Crippen molar-refractivity contribution in [2.24, 2.45) is 0 Å². The van der Waals surface area contributed by atoms with Crippen LogP contribution >= 0.6 is 0 Å². The molecule has 4 rings (SSSR count). The number of fused-ring (bicyclic) bond motifs is 1. The third-order valence-corrected chi connectivity index (χ3v) is 7.76. The second-order valence-corrected chi connectivity index (χ2v) is 10.4. The average molecular weight is 478 g/mol. The van der Waals surface area contributed by atoms with Crippen molar-refractivity contribution in [2.45, 2.75) is 42.9 Å². The fraction of sp³-hybridized carbons (Fsp3) is 0.296. The maximum absolute atomic E-state index is 13.6. The van der Waals surface area contributed by atoms with E-state index >= 15 is 0 Å². The Bertz CT molecular complexity index is 1330. The van der Waals surface area contributed by atoms with E-state index in [9.17, 15) is 8.42 Å². The summed E-state index contributed by atoms with van der Waals surface area (Å²) in [7, 11) is -3.68. The third kappa shape index (κ3) is 4.94. The predicted molar refractivity (Wildman–Crippen MR) is 136 cm³/mol. The van der Waals surface area contributed by atoms with Crippen molar-refractivity contribution in [1.29, 1.82) is 0 Å². The third-order valence-electron chi connectivity index (χ3n) is 5.88. The number of rotatable bonds is 10. The topological polar surface area (TPSA) is 63.9 Å². The molecule has 0 atom stereocenters. The van der Waals surface area contributed by atoms with Gasteiger partial charge in [0.2, 0.25) is 9.84 Å². The molecule has 3 heterocycles. The Morgan fingerprint density at radius 1 is 1.03 bits per heavy atom. The molecule has 0 amide bonds. The molecule has 4 aromatic rings. The summed E-state index contributed by atoms with van der Waals surface area (Å²) in [5.74, 6) is 1.70. The van der Waals surface area contributed by atoms with Gasteiger partial charge in [-0.15, -0.1) is 0 Å². The molecule has 0 N–H and O–H groups in total. The number of hydrogen-bond donors (Lipinski definition) is 0. The molecule has 0 unspecified atom stereocenters. The van der Waals surface area contributed by atoms with E-state index in [0.29, 0.717) is 22.8 Å². The second-order valence-electron chi connectivity index (χ2n) is 8.51. The fourth-order valence-corrected chi connectivity index (χ4v) is 5.85. The monoisotopic (exact) mass is 477 g/mol. The van der Waals surface area contributed by atoms with Crippen molar-refractivity contribution in [3.05, 3.63) is 84.8 Å². The Labute approximate surface area is 201 Å². The SMILES string of the molecule is CCN(CCCOc1ccc(S(=O)(=O)c2c(C(C)C)cn3ccccc23)cc1)c1ccccn1. The summed E-state index contributed by atoms with van der Waals surface area (Å²) in [6.07, 6.45) is 6.42. The molecule has 0 spiro atoms. The van der Waals surface area contributed by atoms with Crippen molar-refractivity contribution in [1.82, 2.24) is 9.38 Å². The highest BCUT2D eigenvalue weighted by Gasteiger charge is 2.27. The van der Waals surface area contributed by atoms with E-state index in [-0.39, 0.29) is 10.8 Å². The minimum atomic E-state index is -3.68. The fourth-order valence-electron chi connectivity index (χ4n) is 4.08. The van der Waals surface area contributed by atoms with Gasteiger partial charge in [0.05, 0.1) is 17.0 Å². The first-order chi connectivity index (χ1) is 16.4. The second kappa shape index (κ2) is 10.3. The van der Waals surface area contributed by atoms with Crippen LogP contribution in [0.3, 0.4) is 0 Å². The summed E-state index contributed by atoms with van der Waals surface area (Å²) in [5.41, 5.74) is 1.51. The van der Waals surface area contributed by atoms with Gasteiger partial charge < -0.3 is 14.0 Å². The quantitative estimate of drug-likeness (QED) is 0.279. The summed E-state index contributed by atoms with van der Waals surface area (Å²) in [6.45, 7) is 8.37. The first-order valence-corrected chi connectivity index (χ1v) is 13.1. The molecule has 0 aliphatic carbocycles. The molecular formula is C27H31N3O3S. The van der Waals surface area contributed by atoms with Crippen LogP contribution in [0.5, 0.6) is 5.75 Å². The largest absolute Gasteiger partial charge is 0.494 e. The number of pyridine rings is 2. The van der Waals surface area contributed by atoms with E-state index in [2.05, 4.69) is 16.8 Å². The molecule has 0 saturated heterocycles. The zero-order chi connectivity index (χ0) is 24.1. The van der Waals surface area contributed by atoms with Crippen LogP contribution in [0.4, 0.5) is 5.82 Å². The van der Waals surface area contributed by atoms with Gasteiger partial charge in [-0.2, -0.15) is 0 Å². The predicted octanol–water partition coefficient (Wildman–Crippen LogP) is 5.59. The van der Waals surface area contributed by atoms with Crippen LogP contribution in [0, 0.1) is 0 Å². The number of sulfone groups is 1. The number of benzene rings is 1. The Morgan fingerprint density at radius 2 is 1.79 bits per heavy atom. The van der Waals surface area contributed by atoms with Gasteiger partial charge in [0.25, 0.3) is 0 Å². The van der Waals surface area contributed by atoms with Crippen LogP contribution in [0.15, 0.2) is 89.0 Å². The minimum absolute atomic E-state index is 0.0843. The normalized spacial score (nSPS) is 11.8. The molecule has 0 fully saturated rings. The van der Waals surface area contributed by atoms with Crippen LogP contribution in [-0.4, -0.2) is 37.5 Å². The lowest BCUT2D eigenvalue weighted by atomic mass is 10.1. The van der Waals surface area contributed by atoms with Crippen molar-refractivity contribution in [2.75, 3.05) is 24.6 Å². The minimum Gasteiger partial charge on any atom is -0.494 e. The first kappa shape index (κ1) is 23.8. The summed E-state index contributed by atoms with van der Waals surface area (Å²) >= 11 is 0. The summed E-state index contributed by atoms with van der Waals surface area (Å²) in [6, 6.07) is 18.2. The van der Waals surface area contributed by atoms with Crippen LogP contribution in [0.25, 0.3) is 5.52 Å². The lowest BCUT2D eigenvalue weighted by Gasteiger charge is -2.21. The number of ether oxygens (including phenoxy) is 1. The molecule has 1 aromatic carbocycles. The maximum atomic E-state index is 13.6. The Morgan fingerprint density at radius 3 is 2.47 bits per heavy atom. The van der Waals surface area contributed by atoms with Crippen molar-refractivity contribution < 1.29 is 13.2 Å². The van der Waals surface area contributed by atoms with Crippen LogP contribution in [-0.2, 0) is 9.84 Å². The number of aromatic nitrogens is 2. The van der Waals surface area contributed by atoms with E-state index in [0.717, 1.165) is 30.9 Å². The van der Waals surface area contributed by atoms with Crippen molar-refractivity contribution in [3.63, 3.8) is 0 Å². The van der Waals surface area contributed by atoms with Crippen LogP contribution in [0.2, 0.25) is 0 Å². The molecule has 0 saturated carbocycles. The van der Waals surface area contributed by atoms with Gasteiger partial charge in [0.15, 0.2) is 0 Å². The highest BCUT2D eigenvalue weighted by atomic mass is 32.2. The van der Waals surface area contributed by atoms with E-state index in [4.69, 9.17) is 4.74 Å². The van der Waals surface area contributed by atoms with Gasteiger partial charge in [-0.25, -0.2) is 13.4 Å². The standard InChI is InChI=1S/C27H31N3O3S/c1-4-29(26-11-5-7-16-28-26)18-9-19-33-22-12-14-23(15-13-22)34(31,32)27-24(21(2)3)20-30-17-8-6-10-25(27)30/h5-8,10-17,20-21H,4,9,18-19H2,1-3H3. The number of anilines is 1. The van der Waals surface area contributed by atoms with Crippen molar-refractivity contribution in [3.8, 4) is 5.75 Å². The molecule has 3 aromatic heterocycles. The molecule has 0 aliphatic heterocycles. The maximum Gasteiger partial charge on any atom is 0.209 e.